The molecule has 0 spiro atoms. The zero-order valence-corrected chi connectivity index (χ0v) is 16.9. The Balaban J connectivity index is 1.51. The van der Waals surface area contributed by atoms with Gasteiger partial charge in [-0.2, -0.15) is 0 Å². The molecule has 3 heterocycles. The maximum absolute atomic E-state index is 13.2. The summed E-state index contributed by atoms with van der Waals surface area (Å²) in [5.74, 6) is 0.206. The number of nitrogens with zero attached hydrogens (tertiary/aromatic N) is 3. The highest BCUT2D eigenvalue weighted by molar-refractivity contribution is 6.04. The highest BCUT2D eigenvalue weighted by atomic mass is 16.5. The van der Waals surface area contributed by atoms with Gasteiger partial charge in [0.2, 0.25) is 17.8 Å². The quantitative estimate of drug-likeness (QED) is 0.723. The predicted molar refractivity (Wildman–Crippen MR) is 115 cm³/mol. The van der Waals surface area contributed by atoms with Crippen LogP contribution in [-0.2, 0) is 14.3 Å². The first-order chi connectivity index (χ1) is 14.6. The van der Waals surface area contributed by atoms with Crippen LogP contribution in [0.5, 0.6) is 0 Å². The average molecular weight is 404 g/mol. The van der Waals surface area contributed by atoms with Gasteiger partial charge < -0.3 is 10.1 Å². The second-order valence-electron chi connectivity index (χ2n) is 7.99. The minimum absolute atomic E-state index is 0.0140. The third-order valence-corrected chi connectivity index (χ3v) is 5.83. The number of anilines is 2. The van der Waals surface area contributed by atoms with Crippen LogP contribution in [0.3, 0.4) is 0 Å². The number of aryl methyl sites for hydroxylation is 1. The Morgan fingerprint density at radius 1 is 1.20 bits per heavy atom. The summed E-state index contributed by atoms with van der Waals surface area (Å²) < 4.78 is 7.64. The number of benzene rings is 2. The topological polar surface area (TPSA) is 76.5 Å². The van der Waals surface area contributed by atoms with Crippen LogP contribution in [0.4, 0.5) is 11.6 Å². The van der Waals surface area contributed by atoms with Crippen LogP contribution >= 0.6 is 0 Å². The van der Waals surface area contributed by atoms with Crippen molar-refractivity contribution in [2.45, 2.75) is 38.3 Å². The lowest BCUT2D eigenvalue weighted by molar-refractivity contribution is -0.126. The van der Waals surface area contributed by atoms with Crippen molar-refractivity contribution >= 4 is 34.5 Å². The van der Waals surface area contributed by atoms with Crippen LogP contribution in [0.15, 0.2) is 48.5 Å². The first-order valence-electron chi connectivity index (χ1n) is 10.4. The molecule has 2 amide bonds. The first-order valence-corrected chi connectivity index (χ1v) is 10.4. The molecule has 0 unspecified atom stereocenters. The smallest absolute Gasteiger partial charge is 0.248 e. The Morgan fingerprint density at radius 3 is 2.77 bits per heavy atom. The lowest BCUT2D eigenvalue weighted by Gasteiger charge is -2.33. The Labute approximate surface area is 174 Å². The molecule has 2 aromatic carbocycles. The van der Waals surface area contributed by atoms with Gasteiger partial charge in [0.15, 0.2) is 0 Å². The molecule has 154 valence electrons. The standard InChI is InChI=1S/C23H24N4O3/c1-15-8-10-16(11-9-15)24-22(29)20-13-21(28)26(14-17-5-4-12-30-17)23-25-18-6-2-3-7-19(18)27(20)23/h2-3,6-11,17,20H,4-5,12-14H2,1H3,(H,24,29)/t17-,20-/m1/s1. The SMILES string of the molecule is Cc1ccc(NC(=O)[C@H]2CC(=O)N(C[C@H]3CCCO3)c3nc4ccccc4n32)cc1. The molecule has 2 aliphatic rings. The van der Waals surface area contributed by atoms with E-state index in [9.17, 15) is 9.59 Å². The normalized spacial score (nSPS) is 21.1. The molecule has 0 bridgehead atoms. The fourth-order valence-electron chi connectivity index (χ4n) is 4.26. The summed E-state index contributed by atoms with van der Waals surface area (Å²) in [4.78, 5) is 32.7. The Morgan fingerprint density at radius 2 is 2.00 bits per heavy atom. The summed E-state index contributed by atoms with van der Waals surface area (Å²) in [5.41, 5.74) is 3.45. The van der Waals surface area contributed by atoms with E-state index in [0.29, 0.717) is 18.2 Å². The summed E-state index contributed by atoms with van der Waals surface area (Å²) in [6.45, 7) is 3.19. The Hall–Kier alpha value is -3.19. The minimum Gasteiger partial charge on any atom is -0.376 e. The highest BCUT2D eigenvalue weighted by Gasteiger charge is 2.39. The third kappa shape index (κ3) is 3.35. The molecule has 3 aromatic rings. The van der Waals surface area contributed by atoms with Gasteiger partial charge in [-0.15, -0.1) is 0 Å². The number of nitrogens with one attached hydrogen (secondary N) is 1. The lowest BCUT2D eigenvalue weighted by Crippen LogP contribution is -2.46. The molecule has 30 heavy (non-hydrogen) atoms. The Kier molecular flexibility index (Phi) is 4.75. The number of carbonyl (C=O) groups excluding carboxylic acids is 2. The third-order valence-electron chi connectivity index (χ3n) is 5.83. The van der Waals surface area contributed by atoms with E-state index >= 15 is 0 Å². The van der Waals surface area contributed by atoms with Gasteiger partial charge in [0.25, 0.3) is 0 Å². The molecule has 2 atom stereocenters. The number of rotatable bonds is 4. The summed E-state index contributed by atoms with van der Waals surface area (Å²) in [5, 5.41) is 2.96. The second-order valence-corrected chi connectivity index (χ2v) is 7.99. The van der Waals surface area contributed by atoms with Gasteiger partial charge in [0.05, 0.1) is 30.1 Å². The van der Waals surface area contributed by atoms with Gasteiger partial charge in [-0.25, -0.2) is 4.98 Å². The number of hydrogen-bond acceptors (Lipinski definition) is 4. The van der Waals surface area contributed by atoms with Gasteiger partial charge in [-0.3, -0.25) is 19.1 Å². The molecule has 7 heteroatoms. The molecule has 1 fully saturated rings. The zero-order valence-electron chi connectivity index (χ0n) is 16.9. The molecule has 1 N–H and O–H groups in total. The van der Waals surface area contributed by atoms with Gasteiger partial charge in [-0.1, -0.05) is 29.8 Å². The summed E-state index contributed by atoms with van der Waals surface area (Å²) in [6, 6.07) is 14.7. The zero-order chi connectivity index (χ0) is 20.7. The van der Waals surface area contributed by atoms with Crippen LogP contribution in [0.1, 0.15) is 30.9 Å². The lowest BCUT2D eigenvalue weighted by atomic mass is 10.1. The van der Waals surface area contributed by atoms with E-state index in [0.717, 1.165) is 36.0 Å². The van der Waals surface area contributed by atoms with Crippen molar-refractivity contribution in [1.82, 2.24) is 9.55 Å². The molecular weight excluding hydrogens is 380 g/mol. The predicted octanol–water partition coefficient (Wildman–Crippen LogP) is 3.44. The maximum atomic E-state index is 13.2. The van der Waals surface area contributed by atoms with Gasteiger partial charge >= 0.3 is 0 Å². The van der Waals surface area contributed by atoms with Crippen molar-refractivity contribution in [3.8, 4) is 0 Å². The van der Waals surface area contributed by atoms with E-state index in [-0.39, 0.29) is 24.3 Å². The molecule has 5 rings (SSSR count). The minimum atomic E-state index is -0.651. The number of hydrogen-bond donors (Lipinski definition) is 1. The maximum Gasteiger partial charge on any atom is 0.248 e. The van der Waals surface area contributed by atoms with Crippen LogP contribution in [0.2, 0.25) is 0 Å². The highest BCUT2D eigenvalue weighted by Crippen LogP contribution is 2.35. The number of para-hydroxylation sites is 2. The van der Waals surface area contributed by atoms with Crippen molar-refractivity contribution in [3.63, 3.8) is 0 Å². The van der Waals surface area contributed by atoms with Gasteiger partial charge in [0.1, 0.15) is 6.04 Å². The molecular formula is C23H24N4O3. The number of aromatic nitrogens is 2. The fourth-order valence-corrected chi connectivity index (χ4v) is 4.26. The van der Waals surface area contributed by atoms with Crippen molar-refractivity contribution in [1.29, 1.82) is 0 Å². The number of fused-ring (bicyclic) bond motifs is 3. The van der Waals surface area contributed by atoms with E-state index in [4.69, 9.17) is 9.72 Å². The number of amides is 2. The average Bonchev–Trinajstić information content (AvgIpc) is 3.39. The molecule has 2 aliphatic heterocycles. The number of ether oxygens (including phenoxy) is 1. The number of imidazole rings is 1. The monoisotopic (exact) mass is 404 g/mol. The molecule has 1 saturated heterocycles. The van der Waals surface area contributed by atoms with Gasteiger partial charge in [-0.05, 0) is 44.0 Å². The molecule has 7 nitrogen and oxygen atoms in total. The van der Waals surface area contributed by atoms with Crippen LogP contribution < -0.4 is 10.2 Å². The largest absolute Gasteiger partial charge is 0.376 e. The fraction of sp³-hybridized carbons (Fsp3) is 0.348. The molecule has 1 aromatic heterocycles. The summed E-state index contributed by atoms with van der Waals surface area (Å²) >= 11 is 0. The van der Waals surface area contributed by atoms with Crippen molar-refractivity contribution in [3.05, 3.63) is 54.1 Å². The number of carbonyl (C=O) groups is 2. The van der Waals surface area contributed by atoms with E-state index < -0.39 is 6.04 Å². The van der Waals surface area contributed by atoms with Crippen LogP contribution in [-0.4, -0.2) is 40.6 Å². The second kappa shape index (κ2) is 7.57. The molecule has 0 radical (unpaired) electrons. The van der Waals surface area contributed by atoms with E-state index in [1.807, 2.05) is 60.0 Å². The van der Waals surface area contributed by atoms with Gasteiger partial charge in [0, 0.05) is 12.3 Å². The Bertz CT molecular complexity index is 1100. The van der Waals surface area contributed by atoms with Crippen molar-refractivity contribution in [2.24, 2.45) is 0 Å². The van der Waals surface area contributed by atoms with E-state index in [1.54, 1.807) is 4.90 Å². The van der Waals surface area contributed by atoms with E-state index in [2.05, 4.69) is 5.32 Å². The summed E-state index contributed by atoms with van der Waals surface area (Å²) in [6.07, 6.45) is 2.05. The van der Waals surface area contributed by atoms with Crippen LogP contribution in [0.25, 0.3) is 11.0 Å². The van der Waals surface area contributed by atoms with Crippen LogP contribution in [0, 0.1) is 6.92 Å². The van der Waals surface area contributed by atoms with Crippen molar-refractivity contribution < 1.29 is 14.3 Å². The summed E-state index contributed by atoms with van der Waals surface area (Å²) in [7, 11) is 0. The first kappa shape index (κ1) is 18.8. The van der Waals surface area contributed by atoms with E-state index in [1.165, 1.54) is 0 Å². The van der Waals surface area contributed by atoms with Crippen molar-refractivity contribution in [2.75, 3.05) is 23.4 Å². The molecule has 0 aliphatic carbocycles. The molecule has 0 saturated carbocycles.